The summed E-state index contributed by atoms with van der Waals surface area (Å²) < 4.78 is 10.7. The van der Waals surface area contributed by atoms with Crippen LogP contribution in [0.4, 0.5) is 0 Å². The Balaban J connectivity index is 2.56. The lowest BCUT2D eigenvalue weighted by molar-refractivity contribution is 0.000289. The lowest BCUT2D eigenvalue weighted by Crippen LogP contribution is -2.29. The van der Waals surface area contributed by atoms with Crippen LogP contribution in [0.15, 0.2) is 18.2 Å². The van der Waals surface area contributed by atoms with E-state index in [-0.39, 0.29) is 5.92 Å². The van der Waals surface area contributed by atoms with Crippen molar-refractivity contribution in [2.75, 3.05) is 14.2 Å². The molecule has 1 aliphatic carbocycles. The fraction of sp³-hybridized carbons (Fsp3) is 0.571. The SMILES string of the molecule is COc1cccc(OC)c1C1(O)CCCC1C. The number of hydrogen-bond acceptors (Lipinski definition) is 3. The highest BCUT2D eigenvalue weighted by Gasteiger charge is 2.43. The summed E-state index contributed by atoms with van der Waals surface area (Å²) in [5.74, 6) is 1.65. The molecule has 2 atom stereocenters. The van der Waals surface area contributed by atoms with Crippen LogP contribution in [0.2, 0.25) is 0 Å². The molecule has 1 saturated carbocycles. The highest BCUT2D eigenvalue weighted by Crippen LogP contribution is 2.49. The van der Waals surface area contributed by atoms with Gasteiger partial charge in [0.25, 0.3) is 0 Å². The molecule has 1 N–H and O–H groups in total. The van der Waals surface area contributed by atoms with Crippen molar-refractivity contribution < 1.29 is 14.6 Å². The van der Waals surface area contributed by atoms with Gasteiger partial charge in [0.1, 0.15) is 11.5 Å². The predicted molar refractivity (Wildman–Crippen MR) is 66.5 cm³/mol. The maximum absolute atomic E-state index is 10.9. The first-order valence-electron chi connectivity index (χ1n) is 6.07. The molecule has 0 aromatic heterocycles. The number of benzene rings is 1. The summed E-state index contributed by atoms with van der Waals surface area (Å²) in [4.78, 5) is 0. The van der Waals surface area contributed by atoms with Gasteiger partial charge in [-0.05, 0) is 37.3 Å². The Labute approximate surface area is 102 Å². The standard InChI is InChI=1S/C14H20O3/c1-10-6-5-9-14(10,15)13-11(16-2)7-4-8-12(13)17-3/h4,7-8,10,15H,5-6,9H2,1-3H3. The summed E-state index contributed by atoms with van der Waals surface area (Å²) in [7, 11) is 3.25. The molecule has 0 bridgehead atoms. The maximum Gasteiger partial charge on any atom is 0.128 e. The monoisotopic (exact) mass is 236 g/mol. The number of ether oxygens (including phenoxy) is 2. The molecule has 17 heavy (non-hydrogen) atoms. The lowest BCUT2D eigenvalue weighted by atomic mass is 9.84. The largest absolute Gasteiger partial charge is 0.496 e. The van der Waals surface area contributed by atoms with Gasteiger partial charge < -0.3 is 14.6 Å². The zero-order valence-corrected chi connectivity index (χ0v) is 10.7. The van der Waals surface area contributed by atoms with Crippen LogP contribution in [0.25, 0.3) is 0 Å². The summed E-state index contributed by atoms with van der Waals surface area (Å²) in [5, 5.41) is 10.9. The van der Waals surface area contributed by atoms with Crippen LogP contribution in [-0.4, -0.2) is 19.3 Å². The van der Waals surface area contributed by atoms with E-state index in [4.69, 9.17) is 9.47 Å². The second kappa shape index (κ2) is 4.57. The van der Waals surface area contributed by atoms with Gasteiger partial charge in [0.05, 0.1) is 25.4 Å². The summed E-state index contributed by atoms with van der Waals surface area (Å²) in [5.41, 5.74) is -0.0206. The molecule has 1 aromatic rings. The first-order valence-corrected chi connectivity index (χ1v) is 6.07. The smallest absolute Gasteiger partial charge is 0.128 e. The molecule has 3 heteroatoms. The number of aliphatic hydroxyl groups is 1. The molecule has 0 amide bonds. The minimum atomic E-state index is -0.821. The summed E-state index contributed by atoms with van der Waals surface area (Å²) in [6.45, 7) is 2.08. The van der Waals surface area contributed by atoms with Crippen LogP contribution in [0, 0.1) is 5.92 Å². The Bertz CT molecular complexity index is 380. The zero-order chi connectivity index (χ0) is 12.5. The van der Waals surface area contributed by atoms with Crippen molar-refractivity contribution in [1.82, 2.24) is 0 Å². The van der Waals surface area contributed by atoms with E-state index in [9.17, 15) is 5.11 Å². The third-order valence-electron chi connectivity index (χ3n) is 3.87. The predicted octanol–water partition coefficient (Wildman–Crippen LogP) is 2.71. The molecule has 0 saturated heterocycles. The molecule has 1 fully saturated rings. The van der Waals surface area contributed by atoms with Crippen molar-refractivity contribution >= 4 is 0 Å². The van der Waals surface area contributed by atoms with Crippen LogP contribution in [0.1, 0.15) is 31.7 Å². The average molecular weight is 236 g/mol. The Morgan fingerprint density at radius 3 is 2.24 bits per heavy atom. The van der Waals surface area contributed by atoms with E-state index in [1.165, 1.54) is 0 Å². The molecule has 2 unspecified atom stereocenters. The van der Waals surface area contributed by atoms with E-state index in [1.54, 1.807) is 14.2 Å². The molecular weight excluding hydrogens is 216 g/mol. The molecular formula is C14H20O3. The van der Waals surface area contributed by atoms with Gasteiger partial charge >= 0.3 is 0 Å². The first kappa shape index (κ1) is 12.2. The summed E-state index contributed by atoms with van der Waals surface area (Å²) in [6.07, 6.45) is 2.85. The Kier molecular flexibility index (Phi) is 3.29. The van der Waals surface area contributed by atoms with Crippen molar-refractivity contribution in [3.63, 3.8) is 0 Å². The van der Waals surface area contributed by atoms with E-state index in [1.807, 2.05) is 18.2 Å². The van der Waals surface area contributed by atoms with Crippen LogP contribution in [0.3, 0.4) is 0 Å². The summed E-state index contributed by atoms with van der Waals surface area (Å²) >= 11 is 0. The van der Waals surface area contributed by atoms with Gasteiger partial charge in [-0.1, -0.05) is 13.0 Å². The quantitative estimate of drug-likeness (QED) is 0.877. The molecule has 0 radical (unpaired) electrons. The topological polar surface area (TPSA) is 38.7 Å². The van der Waals surface area contributed by atoms with Crippen molar-refractivity contribution in [1.29, 1.82) is 0 Å². The minimum Gasteiger partial charge on any atom is -0.496 e. The molecule has 1 aliphatic rings. The highest BCUT2D eigenvalue weighted by atomic mass is 16.5. The second-order valence-corrected chi connectivity index (χ2v) is 4.76. The Morgan fingerprint density at radius 2 is 1.82 bits per heavy atom. The molecule has 0 aliphatic heterocycles. The number of rotatable bonds is 3. The third kappa shape index (κ3) is 1.89. The second-order valence-electron chi connectivity index (χ2n) is 4.76. The normalized spacial score (nSPS) is 28.1. The van der Waals surface area contributed by atoms with Crippen LogP contribution >= 0.6 is 0 Å². The first-order chi connectivity index (χ1) is 8.13. The fourth-order valence-electron chi connectivity index (χ4n) is 2.81. The molecule has 2 rings (SSSR count). The lowest BCUT2D eigenvalue weighted by Gasteiger charge is -2.31. The number of hydrogen-bond donors (Lipinski definition) is 1. The van der Waals surface area contributed by atoms with Gasteiger partial charge in [0.2, 0.25) is 0 Å². The third-order valence-corrected chi connectivity index (χ3v) is 3.87. The summed E-state index contributed by atoms with van der Waals surface area (Å²) in [6, 6.07) is 5.63. The molecule has 94 valence electrons. The van der Waals surface area contributed by atoms with E-state index < -0.39 is 5.60 Å². The van der Waals surface area contributed by atoms with E-state index in [0.717, 1.165) is 24.8 Å². The molecule has 1 aromatic carbocycles. The van der Waals surface area contributed by atoms with Gasteiger partial charge in [-0.25, -0.2) is 0 Å². The van der Waals surface area contributed by atoms with Crippen molar-refractivity contribution in [3.05, 3.63) is 23.8 Å². The fourth-order valence-corrected chi connectivity index (χ4v) is 2.81. The van der Waals surface area contributed by atoms with Gasteiger partial charge in [0, 0.05) is 0 Å². The van der Waals surface area contributed by atoms with Crippen LogP contribution in [-0.2, 0) is 5.60 Å². The van der Waals surface area contributed by atoms with E-state index >= 15 is 0 Å². The van der Waals surface area contributed by atoms with Gasteiger partial charge in [-0.15, -0.1) is 0 Å². The van der Waals surface area contributed by atoms with Gasteiger partial charge in [-0.3, -0.25) is 0 Å². The zero-order valence-electron chi connectivity index (χ0n) is 10.7. The minimum absolute atomic E-state index is 0.229. The van der Waals surface area contributed by atoms with Gasteiger partial charge in [-0.2, -0.15) is 0 Å². The molecule has 0 spiro atoms. The highest BCUT2D eigenvalue weighted by molar-refractivity contribution is 5.49. The van der Waals surface area contributed by atoms with Crippen molar-refractivity contribution in [3.8, 4) is 11.5 Å². The van der Waals surface area contributed by atoms with Crippen LogP contribution in [0.5, 0.6) is 11.5 Å². The average Bonchev–Trinajstić information content (AvgIpc) is 2.69. The Morgan fingerprint density at radius 1 is 1.24 bits per heavy atom. The van der Waals surface area contributed by atoms with E-state index in [2.05, 4.69) is 6.92 Å². The van der Waals surface area contributed by atoms with Gasteiger partial charge in [0.15, 0.2) is 0 Å². The van der Waals surface area contributed by atoms with Crippen molar-refractivity contribution in [2.45, 2.75) is 31.8 Å². The molecule has 0 heterocycles. The van der Waals surface area contributed by atoms with E-state index in [0.29, 0.717) is 11.5 Å². The maximum atomic E-state index is 10.9. The number of methoxy groups -OCH3 is 2. The Hall–Kier alpha value is -1.22. The van der Waals surface area contributed by atoms with Crippen LogP contribution < -0.4 is 9.47 Å². The molecule has 3 nitrogen and oxygen atoms in total. The van der Waals surface area contributed by atoms with Crippen molar-refractivity contribution in [2.24, 2.45) is 5.92 Å².